The minimum Gasteiger partial charge on any atom is -0.425 e. The smallest absolute Gasteiger partial charge is 0.334 e. The summed E-state index contributed by atoms with van der Waals surface area (Å²) in [5.74, 6) is -0.534. The van der Waals surface area contributed by atoms with Gasteiger partial charge >= 0.3 is 5.97 Å². The number of amides is 1. The van der Waals surface area contributed by atoms with Crippen LogP contribution in [-0.2, 0) is 4.79 Å². The quantitative estimate of drug-likeness (QED) is 0.658. The molecule has 0 bridgehead atoms. The summed E-state index contributed by atoms with van der Waals surface area (Å²) in [4.78, 5) is 24.7. The molecule has 0 aliphatic rings. The van der Waals surface area contributed by atoms with Gasteiger partial charge in [0.2, 0.25) is 0 Å². The van der Waals surface area contributed by atoms with E-state index in [-0.39, 0.29) is 11.8 Å². The third-order valence-corrected chi connectivity index (χ3v) is 3.81. The van der Waals surface area contributed by atoms with Gasteiger partial charge in [0.1, 0.15) is 11.8 Å². The molecule has 2 aromatic rings. The van der Waals surface area contributed by atoms with Gasteiger partial charge in [-0.15, -0.1) is 0 Å². The molecule has 0 radical (unpaired) electrons. The second-order valence-corrected chi connectivity index (χ2v) is 6.37. The first kappa shape index (κ1) is 18.0. The van der Waals surface area contributed by atoms with Crippen molar-refractivity contribution in [1.29, 1.82) is 0 Å². The first-order valence-electron chi connectivity index (χ1n) is 7.71. The maximum atomic E-state index is 12.4. The fourth-order valence-corrected chi connectivity index (χ4v) is 2.24. The maximum Gasteiger partial charge on any atom is 0.334 e. The molecule has 0 aliphatic heterocycles. The number of esters is 1. The van der Waals surface area contributed by atoms with Crippen molar-refractivity contribution in [1.82, 2.24) is 5.32 Å². The van der Waals surface area contributed by atoms with E-state index in [9.17, 15) is 9.59 Å². The number of nitrogens with one attached hydrogen (secondary N) is 1. The molecule has 0 saturated carbocycles. The molecule has 1 unspecified atom stereocenters. The van der Waals surface area contributed by atoms with E-state index >= 15 is 0 Å². The van der Waals surface area contributed by atoms with E-state index in [1.54, 1.807) is 36.4 Å². The molecule has 1 amide bonds. The molecule has 0 aromatic heterocycles. The highest BCUT2D eigenvalue weighted by atomic mass is 35.5. The van der Waals surface area contributed by atoms with Gasteiger partial charge in [-0.25, -0.2) is 4.79 Å². The lowest BCUT2D eigenvalue weighted by Crippen LogP contribution is -2.46. The van der Waals surface area contributed by atoms with Crippen molar-refractivity contribution in [2.45, 2.75) is 26.8 Å². The Labute approximate surface area is 146 Å². The van der Waals surface area contributed by atoms with Gasteiger partial charge in [-0.3, -0.25) is 4.79 Å². The van der Waals surface area contributed by atoms with E-state index in [1.165, 1.54) is 0 Å². The van der Waals surface area contributed by atoms with E-state index < -0.39 is 12.0 Å². The molecule has 0 heterocycles. The maximum absolute atomic E-state index is 12.4. The Bertz CT molecular complexity index is 708. The van der Waals surface area contributed by atoms with Gasteiger partial charge in [0.25, 0.3) is 5.91 Å². The topological polar surface area (TPSA) is 55.4 Å². The van der Waals surface area contributed by atoms with E-state index in [1.807, 2.05) is 32.9 Å². The van der Waals surface area contributed by atoms with Gasteiger partial charge in [-0.05, 0) is 49.2 Å². The number of rotatable bonds is 5. The first-order valence-corrected chi connectivity index (χ1v) is 8.09. The van der Waals surface area contributed by atoms with Gasteiger partial charge in [-0.2, -0.15) is 0 Å². The van der Waals surface area contributed by atoms with Crippen molar-refractivity contribution < 1.29 is 14.3 Å². The van der Waals surface area contributed by atoms with E-state index in [0.717, 1.165) is 5.56 Å². The summed E-state index contributed by atoms with van der Waals surface area (Å²) in [6.07, 6.45) is 0. The molecule has 0 fully saturated rings. The summed E-state index contributed by atoms with van der Waals surface area (Å²) in [7, 11) is 0. The highest BCUT2D eigenvalue weighted by molar-refractivity contribution is 6.30. The van der Waals surface area contributed by atoms with Crippen LogP contribution in [0.1, 0.15) is 29.8 Å². The highest BCUT2D eigenvalue weighted by Gasteiger charge is 2.26. The predicted molar refractivity (Wildman–Crippen MR) is 94.4 cm³/mol. The number of carbonyl (C=O) groups is 2. The molecule has 0 saturated heterocycles. The Morgan fingerprint density at radius 1 is 1.00 bits per heavy atom. The Balaban J connectivity index is 2.07. The molecule has 1 N–H and O–H groups in total. The largest absolute Gasteiger partial charge is 0.425 e. The van der Waals surface area contributed by atoms with Gasteiger partial charge in [-0.1, -0.05) is 43.1 Å². The van der Waals surface area contributed by atoms with E-state index in [4.69, 9.17) is 16.3 Å². The fraction of sp³-hybridized carbons (Fsp3) is 0.263. The number of aryl methyl sites for hydroxylation is 1. The SMILES string of the molecule is Cc1ccc(C(=O)NC(C(=O)Oc2ccc(Cl)cc2)C(C)C)cc1. The zero-order valence-corrected chi connectivity index (χ0v) is 14.6. The monoisotopic (exact) mass is 345 g/mol. The fourth-order valence-electron chi connectivity index (χ4n) is 2.11. The number of hydrogen-bond donors (Lipinski definition) is 1. The van der Waals surface area contributed by atoms with Crippen LogP contribution in [0.4, 0.5) is 0 Å². The van der Waals surface area contributed by atoms with Crippen LogP contribution in [0, 0.1) is 12.8 Å². The van der Waals surface area contributed by atoms with Gasteiger partial charge < -0.3 is 10.1 Å². The lowest BCUT2D eigenvalue weighted by Gasteiger charge is -2.20. The molecule has 1 atom stereocenters. The van der Waals surface area contributed by atoms with Crippen LogP contribution in [0.3, 0.4) is 0 Å². The van der Waals surface area contributed by atoms with Crippen LogP contribution >= 0.6 is 11.6 Å². The summed E-state index contributed by atoms with van der Waals surface area (Å²) in [5.41, 5.74) is 1.57. The summed E-state index contributed by atoms with van der Waals surface area (Å²) >= 11 is 5.81. The van der Waals surface area contributed by atoms with E-state index in [0.29, 0.717) is 16.3 Å². The van der Waals surface area contributed by atoms with Crippen LogP contribution in [0.25, 0.3) is 0 Å². The molecule has 0 spiro atoms. The molecular formula is C19H20ClNO3. The number of hydrogen-bond acceptors (Lipinski definition) is 3. The third-order valence-electron chi connectivity index (χ3n) is 3.55. The molecule has 0 aliphatic carbocycles. The van der Waals surface area contributed by atoms with E-state index in [2.05, 4.69) is 5.32 Å². The van der Waals surface area contributed by atoms with Crippen molar-refractivity contribution in [2.24, 2.45) is 5.92 Å². The zero-order chi connectivity index (χ0) is 17.7. The third kappa shape index (κ3) is 4.83. The Hall–Kier alpha value is -2.33. The second kappa shape index (κ2) is 7.97. The number of halogens is 1. The van der Waals surface area contributed by atoms with Crippen molar-refractivity contribution in [3.63, 3.8) is 0 Å². The summed E-state index contributed by atoms with van der Waals surface area (Å²) in [6.45, 7) is 5.65. The average molecular weight is 346 g/mol. The average Bonchev–Trinajstić information content (AvgIpc) is 2.54. The summed E-state index contributed by atoms with van der Waals surface area (Å²) < 4.78 is 5.34. The number of benzene rings is 2. The molecule has 24 heavy (non-hydrogen) atoms. The standard InChI is InChI=1S/C19H20ClNO3/c1-12(2)17(19(23)24-16-10-8-15(20)9-11-16)21-18(22)14-6-4-13(3)5-7-14/h4-12,17H,1-3H3,(H,21,22). The summed E-state index contributed by atoms with van der Waals surface area (Å²) in [6, 6.07) is 12.9. The molecular weight excluding hydrogens is 326 g/mol. The van der Waals surface area contributed by atoms with Crippen LogP contribution in [0.5, 0.6) is 5.75 Å². The van der Waals surface area contributed by atoms with Gasteiger partial charge in [0.05, 0.1) is 0 Å². The second-order valence-electron chi connectivity index (χ2n) is 5.94. The van der Waals surface area contributed by atoms with Crippen molar-refractivity contribution >= 4 is 23.5 Å². The van der Waals surface area contributed by atoms with Gasteiger partial charge in [0, 0.05) is 10.6 Å². The highest BCUT2D eigenvalue weighted by Crippen LogP contribution is 2.17. The Kier molecular flexibility index (Phi) is 5.99. The van der Waals surface area contributed by atoms with Crippen LogP contribution in [0.15, 0.2) is 48.5 Å². The molecule has 5 heteroatoms. The minimum absolute atomic E-state index is 0.112. The number of ether oxygens (including phenoxy) is 1. The molecule has 2 aromatic carbocycles. The first-order chi connectivity index (χ1) is 11.4. The minimum atomic E-state index is -0.741. The lowest BCUT2D eigenvalue weighted by molar-refractivity contribution is -0.137. The molecule has 2 rings (SSSR count). The Morgan fingerprint density at radius 3 is 2.12 bits per heavy atom. The molecule has 126 valence electrons. The van der Waals surface area contributed by atoms with Crippen LogP contribution < -0.4 is 10.1 Å². The predicted octanol–water partition coefficient (Wildman–Crippen LogP) is 4.01. The number of carbonyl (C=O) groups excluding carboxylic acids is 2. The zero-order valence-electron chi connectivity index (χ0n) is 13.9. The normalized spacial score (nSPS) is 11.9. The summed E-state index contributed by atoms with van der Waals surface area (Å²) in [5, 5.41) is 3.30. The van der Waals surface area contributed by atoms with Crippen molar-refractivity contribution in [3.8, 4) is 5.75 Å². The van der Waals surface area contributed by atoms with Gasteiger partial charge in [0.15, 0.2) is 0 Å². The lowest BCUT2D eigenvalue weighted by atomic mass is 10.0. The Morgan fingerprint density at radius 2 is 1.58 bits per heavy atom. The van der Waals surface area contributed by atoms with Crippen molar-refractivity contribution in [3.05, 3.63) is 64.7 Å². The van der Waals surface area contributed by atoms with Crippen LogP contribution in [0.2, 0.25) is 5.02 Å². The van der Waals surface area contributed by atoms with Crippen LogP contribution in [-0.4, -0.2) is 17.9 Å². The van der Waals surface area contributed by atoms with Crippen molar-refractivity contribution in [2.75, 3.05) is 0 Å². The molecule has 4 nitrogen and oxygen atoms in total.